The van der Waals surface area contributed by atoms with Gasteiger partial charge in [0.25, 0.3) is 0 Å². The van der Waals surface area contributed by atoms with Crippen molar-refractivity contribution in [2.45, 2.75) is 83.0 Å². The molecule has 2 bridgehead atoms. The van der Waals surface area contributed by atoms with Gasteiger partial charge >= 0.3 is 0 Å². The highest BCUT2D eigenvalue weighted by Crippen LogP contribution is 2.41. The van der Waals surface area contributed by atoms with Crippen molar-refractivity contribution >= 4 is 0 Å². The topological polar surface area (TPSA) is 15.3 Å². The Kier molecular flexibility index (Phi) is 2.99. The van der Waals surface area contributed by atoms with E-state index in [0.29, 0.717) is 5.41 Å². The van der Waals surface area contributed by atoms with Crippen LogP contribution < -0.4 is 5.32 Å². The van der Waals surface area contributed by atoms with Gasteiger partial charge in [0.2, 0.25) is 0 Å². The molecular weight excluding hydrogens is 208 g/mol. The Hall–Kier alpha value is -0.0800. The van der Waals surface area contributed by atoms with Crippen molar-refractivity contribution in [3.05, 3.63) is 0 Å². The maximum atomic E-state index is 3.76. The summed E-state index contributed by atoms with van der Waals surface area (Å²) in [5.41, 5.74) is 0.588. The normalized spacial score (nSPS) is 44.5. The molecule has 0 spiro atoms. The van der Waals surface area contributed by atoms with Crippen molar-refractivity contribution in [2.24, 2.45) is 5.41 Å². The molecule has 3 rings (SSSR count). The molecule has 3 atom stereocenters. The highest BCUT2D eigenvalue weighted by molar-refractivity contribution is 4.98. The van der Waals surface area contributed by atoms with Crippen molar-refractivity contribution < 1.29 is 0 Å². The van der Waals surface area contributed by atoms with Crippen LogP contribution >= 0.6 is 0 Å². The molecule has 0 aromatic rings. The summed E-state index contributed by atoms with van der Waals surface area (Å²) in [5, 5.41) is 3.76. The third-order valence-electron chi connectivity index (χ3n) is 5.54. The lowest BCUT2D eigenvalue weighted by atomic mass is 9.91. The van der Waals surface area contributed by atoms with Gasteiger partial charge in [-0.3, -0.25) is 0 Å². The van der Waals surface area contributed by atoms with Crippen LogP contribution in [-0.4, -0.2) is 36.1 Å². The standard InChI is InChI=1S/C15H28N2/c1-15(2)7-6-13(10-15)17(3)14-8-11-4-5-12(9-14)16-11/h11-14,16H,4-10H2,1-3H3. The molecule has 2 heteroatoms. The van der Waals surface area contributed by atoms with Gasteiger partial charge < -0.3 is 10.2 Å². The van der Waals surface area contributed by atoms with Crippen LogP contribution in [0.1, 0.15) is 58.8 Å². The van der Waals surface area contributed by atoms with E-state index in [1.54, 1.807) is 0 Å². The van der Waals surface area contributed by atoms with Crippen molar-refractivity contribution in [1.29, 1.82) is 0 Å². The minimum Gasteiger partial charge on any atom is -0.311 e. The Bertz CT molecular complexity index is 275. The number of hydrogen-bond acceptors (Lipinski definition) is 2. The molecule has 2 saturated heterocycles. The first-order valence-corrected chi connectivity index (χ1v) is 7.51. The Labute approximate surface area is 106 Å². The second kappa shape index (κ2) is 4.24. The molecule has 3 unspecified atom stereocenters. The molecule has 0 amide bonds. The lowest BCUT2D eigenvalue weighted by Crippen LogP contribution is -2.49. The summed E-state index contributed by atoms with van der Waals surface area (Å²) in [4.78, 5) is 2.74. The van der Waals surface area contributed by atoms with Crippen LogP contribution in [0.5, 0.6) is 0 Å². The van der Waals surface area contributed by atoms with Gasteiger partial charge in [-0.15, -0.1) is 0 Å². The summed E-state index contributed by atoms with van der Waals surface area (Å²) >= 11 is 0. The molecule has 1 saturated carbocycles. The Balaban J connectivity index is 1.61. The number of nitrogens with one attached hydrogen (secondary N) is 1. The van der Waals surface area contributed by atoms with E-state index in [0.717, 1.165) is 24.2 Å². The average Bonchev–Trinajstić information content (AvgIpc) is 2.80. The molecule has 2 nitrogen and oxygen atoms in total. The van der Waals surface area contributed by atoms with Crippen molar-refractivity contribution in [2.75, 3.05) is 7.05 Å². The predicted molar refractivity (Wildman–Crippen MR) is 72.2 cm³/mol. The SMILES string of the molecule is CN(C1CC2CCC(C1)N2)C1CCC(C)(C)C1. The second-order valence-corrected chi connectivity index (χ2v) is 7.49. The smallest absolute Gasteiger partial charge is 0.0125 e. The molecule has 17 heavy (non-hydrogen) atoms. The van der Waals surface area contributed by atoms with E-state index in [-0.39, 0.29) is 0 Å². The fraction of sp³-hybridized carbons (Fsp3) is 1.00. The van der Waals surface area contributed by atoms with E-state index in [2.05, 4.69) is 31.1 Å². The summed E-state index contributed by atoms with van der Waals surface area (Å²) in [7, 11) is 2.39. The monoisotopic (exact) mass is 236 g/mol. The van der Waals surface area contributed by atoms with E-state index in [4.69, 9.17) is 0 Å². The van der Waals surface area contributed by atoms with Gasteiger partial charge in [0, 0.05) is 24.2 Å². The molecule has 3 fully saturated rings. The van der Waals surface area contributed by atoms with Crippen LogP contribution in [0.2, 0.25) is 0 Å². The number of hydrogen-bond donors (Lipinski definition) is 1. The third kappa shape index (κ3) is 2.39. The number of rotatable bonds is 2. The zero-order valence-corrected chi connectivity index (χ0v) is 11.7. The van der Waals surface area contributed by atoms with Crippen molar-refractivity contribution in [3.8, 4) is 0 Å². The van der Waals surface area contributed by atoms with Gasteiger partial charge in [0.05, 0.1) is 0 Å². The molecule has 98 valence electrons. The largest absolute Gasteiger partial charge is 0.311 e. The molecule has 0 aromatic heterocycles. The van der Waals surface area contributed by atoms with E-state index < -0.39 is 0 Å². The van der Waals surface area contributed by atoms with Crippen molar-refractivity contribution in [3.63, 3.8) is 0 Å². The van der Waals surface area contributed by atoms with Gasteiger partial charge in [-0.1, -0.05) is 13.8 Å². The zero-order valence-electron chi connectivity index (χ0n) is 11.7. The van der Waals surface area contributed by atoms with Gasteiger partial charge in [-0.05, 0) is 57.4 Å². The summed E-state index contributed by atoms with van der Waals surface area (Å²) < 4.78 is 0. The van der Waals surface area contributed by atoms with E-state index in [9.17, 15) is 0 Å². The first-order chi connectivity index (χ1) is 8.03. The third-order valence-corrected chi connectivity index (χ3v) is 5.54. The lowest BCUT2D eigenvalue weighted by molar-refractivity contribution is 0.120. The molecule has 1 N–H and O–H groups in total. The number of nitrogens with zero attached hydrogens (tertiary/aromatic N) is 1. The minimum atomic E-state index is 0.588. The maximum Gasteiger partial charge on any atom is 0.0125 e. The second-order valence-electron chi connectivity index (χ2n) is 7.49. The number of piperidine rings is 1. The van der Waals surface area contributed by atoms with E-state index >= 15 is 0 Å². The molecule has 0 aromatic carbocycles. The lowest BCUT2D eigenvalue weighted by Gasteiger charge is -2.39. The molecule has 3 aliphatic rings. The summed E-state index contributed by atoms with van der Waals surface area (Å²) in [5.74, 6) is 0. The fourth-order valence-electron chi connectivity index (χ4n) is 4.40. The van der Waals surface area contributed by atoms with Crippen LogP contribution in [0.15, 0.2) is 0 Å². The summed E-state index contributed by atoms with van der Waals surface area (Å²) in [6, 6.07) is 3.37. The fourth-order valence-corrected chi connectivity index (χ4v) is 4.40. The van der Waals surface area contributed by atoms with E-state index in [1.165, 1.54) is 44.9 Å². The zero-order chi connectivity index (χ0) is 12.0. The summed E-state index contributed by atoms with van der Waals surface area (Å²) in [6.07, 6.45) is 9.87. The van der Waals surface area contributed by atoms with Crippen molar-refractivity contribution in [1.82, 2.24) is 10.2 Å². The molecule has 2 aliphatic heterocycles. The van der Waals surface area contributed by atoms with Gasteiger partial charge in [-0.25, -0.2) is 0 Å². The number of fused-ring (bicyclic) bond motifs is 2. The first-order valence-electron chi connectivity index (χ1n) is 7.51. The Morgan fingerprint density at radius 2 is 1.65 bits per heavy atom. The minimum absolute atomic E-state index is 0.588. The van der Waals surface area contributed by atoms with Crippen LogP contribution in [0.3, 0.4) is 0 Å². The Morgan fingerprint density at radius 1 is 1.00 bits per heavy atom. The van der Waals surface area contributed by atoms with Crippen LogP contribution in [0.25, 0.3) is 0 Å². The van der Waals surface area contributed by atoms with Gasteiger partial charge in [-0.2, -0.15) is 0 Å². The quantitative estimate of drug-likeness (QED) is 0.793. The molecule has 0 radical (unpaired) electrons. The molecule has 2 heterocycles. The molecular formula is C15H28N2. The Morgan fingerprint density at radius 3 is 2.18 bits per heavy atom. The van der Waals surface area contributed by atoms with E-state index in [1.807, 2.05) is 0 Å². The van der Waals surface area contributed by atoms with Crippen LogP contribution in [-0.2, 0) is 0 Å². The average molecular weight is 236 g/mol. The van der Waals surface area contributed by atoms with Crippen LogP contribution in [0, 0.1) is 5.41 Å². The molecule has 1 aliphatic carbocycles. The maximum absolute atomic E-state index is 3.76. The van der Waals surface area contributed by atoms with Crippen LogP contribution in [0.4, 0.5) is 0 Å². The predicted octanol–water partition coefficient (Wildman–Crippen LogP) is 2.78. The van der Waals surface area contributed by atoms with Gasteiger partial charge in [0.1, 0.15) is 0 Å². The highest BCUT2D eigenvalue weighted by Gasteiger charge is 2.40. The summed E-state index contributed by atoms with van der Waals surface area (Å²) in [6.45, 7) is 4.87. The highest BCUT2D eigenvalue weighted by atomic mass is 15.2. The van der Waals surface area contributed by atoms with Gasteiger partial charge in [0.15, 0.2) is 0 Å². The first kappa shape index (κ1) is 12.0.